The fraction of sp³-hybridized carbons (Fsp3) is 0. The molecule has 2 aromatic heterocycles. The molecule has 0 saturated carbocycles. The Labute approximate surface area is 134 Å². The van der Waals surface area contributed by atoms with Crippen LogP contribution in [0.25, 0.3) is 11.0 Å². The maximum absolute atomic E-state index is 11.6. The molecule has 1 aromatic carbocycles. The van der Waals surface area contributed by atoms with E-state index in [-0.39, 0.29) is 0 Å². The molecule has 1 amide bonds. The molecule has 0 saturated heterocycles. The Morgan fingerprint density at radius 2 is 2.10 bits per heavy atom. The van der Waals surface area contributed by atoms with Crippen molar-refractivity contribution in [3.63, 3.8) is 0 Å². The number of hydrogen-bond donors (Lipinski definition) is 2. The SMILES string of the molecule is NC(=O)c1[nH]c2cccnc2c1Sc1cc(Cl)ccc1Cl. The van der Waals surface area contributed by atoms with E-state index in [1.165, 1.54) is 11.8 Å². The summed E-state index contributed by atoms with van der Waals surface area (Å²) in [5.74, 6) is -0.548. The summed E-state index contributed by atoms with van der Waals surface area (Å²) in [6.07, 6.45) is 1.66. The molecule has 0 fully saturated rings. The average molecular weight is 338 g/mol. The molecule has 0 radical (unpaired) electrons. The summed E-state index contributed by atoms with van der Waals surface area (Å²) in [6, 6.07) is 8.76. The number of fused-ring (bicyclic) bond motifs is 1. The number of hydrogen-bond acceptors (Lipinski definition) is 3. The van der Waals surface area contributed by atoms with E-state index in [4.69, 9.17) is 28.9 Å². The highest BCUT2D eigenvalue weighted by Gasteiger charge is 2.18. The van der Waals surface area contributed by atoms with E-state index < -0.39 is 5.91 Å². The lowest BCUT2D eigenvalue weighted by molar-refractivity contribution is 0.0993. The molecule has 3 rings (SSSR count). The van der Waals surface area contributed by atoms with Crippen LogP contribution < -0.4 is 5.73 Å². The van der Waals surface area contributed by atoms with E-state index >= 15 is 0 Å². The van der Waals surface area contributed by atoms with Gasteiger partial charge in [-0.2, -0.15) is 0 Å². The van der Waals surface area contributed by atoms with Crippen molar-refractivity contribution in [1.82, 2.24) is 9.97 Å². The second-order valence-corrected chi connectivity index (χ2v) is 6.17. The lowest BCUT2D eigenvalue weighted by Crippen LogP contribution is -2.12. The highest BCUT2D eigenvalue weighted by Crippen LogP contribution is 2.39. The molecule has 4 nitrogen and oxygen atoms in total. The molecule has 0 unspecified atom stereocenters. The Bertz CT molecular complexity index is 847. The molecule has 0 atom stereocenters. The Morgan fingerprint density at radius 1 is 1.29 bits per heavy atom. The summed E-state index contributed by atoms with van der Waals surface area (Å²) in [6.45, 7) is 0. The van der Waals surface area contributed by atoms with E-state index in [9.17, 15) is 4.79 Å². The number of rotatable bonds is 3. The van der Waals surface area contributed by atoms with Gasteiger partial charge in [0.1, 0.15) is 11.2 Å². The number of aromatic amines is 1. The third-order valence-corrected chi connectivity index (χ3v) is 4.70. The van der Waals surface area contributed by atoms with Crippen LogP contribution in [0, 0.1) is 0 Å². The predicted molar refractivity (Wildman–Crippen MR) is 85.2 cm³/mol. The molecule has 3 aromatic rings. The quantitative estimate of drug-likeness (QED) is 0.755. The number of amides is 1. The zero-order valence-electron chi connectivity index (χ0n) is 10.6. The molecule has 3 N–H and O–H groups in total. The smallest absolute Gasteiger partial charge is 0.266 e. The first kappa shape index (κ1) is 14.3. The van der Waals surface area contributed by atoms with Gasteiger partial charge in [0.15, 0.2) is 0 Å². The molecule has 0 bridgehead atoms. The first-order chi connectivity index (χ1) is 10.1. The molecular formula is C14H9Cl2N3OS. The third kappa shape index (κ3) is 2.72. The van der Waals surface area contributed by atoms with E-state index in [0.29, 0.717) is 26.2 Å². The molecular weight excluding hydrogens is 329 g/mol. The fourth-order valence-corrected chi connectivity index (χ4v) is 3.49. The Balaban J connectivity index is 2.17. The highest BCUT2D eigenvalue weighted by atomic mass is 35.5. The van der Waals surface area contributed by atoms with Crippen LogP contribution in [0.1, 0.15) is 10.5 Å². The van der Waals surface area contributed by atoms with Crippen LogP contribution in [0.3, 0.4) is 0 Å². The van der Waals surface area contributed by atoms with Crippen molar-refractivity contribution in [1.29, 1.82) is 0 Å². The minimum Gasteiger partial charge on any atom is -0.364 e. The number of nitrogens with two attached hydrogens (primary N) is 1. The molecule has 21 heavy (non-hydrogen) atoms. The number of pyridine rings is 1. The minimum atomic E-state index is -0.548. The zero-order valence-corrected chi connectivity index (χ0v) is 12.9. The maximum atomic E-state index is 11.6. The van der Waals surface area contributed by atoms with Gasteiger partial charge in [0.2, 0.25) is 0 Å². The fourth-order valence-electron chi connectivity index (χ4n) is 1.94. The Hall–Kier alpha value is -1.69. The maximum Gasteiger partial charge on any atom is 0.266 e. The number of carbonyl (C=O) groups is 1. The lowest BCUT2D eigenvalue weighted by atomic mass is 10.3. The van der Waals surface area contributed by atoms with Gasteiger partial charge in [-0.1, -0.05) is 35.0 Å². The topological polar surface area (TPSA) is 71.8 Å². The van der Waals surface area contributed by atoms with Crippen LogP contribution in [0.4, 0.5) is 0 Å². The van der Waals surface area contributed by atoms with E-state index in [0.717, 1.165) is 10.4 Å². The van der Waals surface area contributed by atoms with E-state index in [2.05, 4.69) is 9.97 Å². The first-order valence-electron chi connectivity index (χ1n) is 5.95. The van der Waals surface area contributed by atoms with Gasteiger partial charge in [-0.3, -0.25) is 9.78 Å². The molecule has 0 aliphatic heterocycles. The van der Waals surface area contributed by atoms with Gasteiger partial charge < -0.3 is 10.7 Å². The highest BCUT2D eigenvalue weighted by molar-refractivity contribution is 7.99. The van der Waals surface area contributed by atoms with Gasteiger partial charge >= 0.3 is 0 Å². The number of nitrogens with one attached hydrogen (secondary N) is 1. The van der Waals surface area contributed by atoms with Crippen LogP contribution in [-0.2, 0) is 0 Å². The zero-order chi connectivity index (χ0) is 15.0. The number of carbonyl (C=O) groups excluding carboxylic acids is 1. The van der Waals surface area contributed by atoms with Crippen LogP contribution in [-0.4, -0.2) is 15.9 Å². The number of halogens is 2. The van der Waals surface area contributed by atoms with Crippen molar-refractivity contribution in [2.24, 2.45) is 5.73 Å². The molecule has 2 heterocycles. The number of benzene rings is 1. The number of aromatic nitrogens is 2. The van der Waals surface area contributed by atoms with Gasteiger partial charge in [0.25, 0.3) is 5.91 Å². The van der Waals surface area contributed by atoms with Gasteiger partial charge in [0, 0.05) is 16.1 Å². The van der Waals surface area contributed by atoms with Gasteiger partial charge in [-0.15, -0.1) is 0 Å². The molecule has 0 aliphatic rings. The summed E-state index contributed by atoms with van der Waals surface area (Å²) in [4.78, 5) is 20.3. The predicted octanol–water partition coefficient (Wildman–Crippen LogP) is 4.12. The second kappa shape index (κ2) is 5.60. The minimum absolute atomic E-state index is 0.310. The number of H-pyrrole nitrogens is 1. The van der Waals surface area contributed by atoms with Crippen molar-refractivity contribution in [2.75, 3.05) is 0 Å². The van der Waals surface area contributed by atoms with Crippen molar-refractivity contribution < 1.29 is 4.79 Å². The number of primary amides is 1. The summed E-state index contributed by atoms with van der Waals surface area (Å²) in [5.41, 5.74) is 7.16. The van der Waals surface area contributed by atoms with E-state index in [1.807, 2.05) is 6.07 Å². The normalized spacial score (nSPS) is 11.0. The van der Waals surface area contributed by atoms with Crippen LogP contribution >= 0.6 is 35.0 Å². The van der Waals surface area contributed by atoms with Crippen LogP contribution in [0.5, 0.6) is 0 Å². The van der Waals surface area contributed by atoms with Gasteiger partial charge in [-0.25, -0.2) is 0 Å². The standard InChI is InChI=1S/C14H9Cl2N3OS/c15-7-3-4-8(16)10(6-7)21-13-11-9(2-1-5-18-11)19-12(13)14(17)20/h1-6,19H,(H2,17,20). The number of nitrogens with zero attached hydrogens (tertiary/aromatic N) is 1. The average Bonchev–Trinajstić information content (AvgIpc) is 2.82. The Kier molecular flexibility index (Phi) is 3.80. The first-order valence-corrected chi connectivity index (χ1v) is 7.53. The van der Waals surface area contributed by atoms with Gasteiger partial charge in [-0.05, 0) is 30.3 Å². The van der Waals surface area contributed by atoms with Crippen LogP contribution in [0.2, 0.25) is 10.0 Å². The monoisotopic (exact) mass is 337 g/mol. The van der Waals surface area contributed by atoms with Gasteiger partial charge in [0.05, 0.1) is 15.4 Å². The van der Waals surface area contributed by atoms with Crippen molar-refractivity contribution in [3.05, 3.63) is 52.3 Å². The van der Waals surface area contributed by atoms with Crippen molar-refractivity contribution in [2.45, 2.75) is 9.79 Å². The van der Waals surface area contributed by atoms with E-state index in [1.54, 1.807) is 30.5 Å². The summed E-state index contributed by atoms with van der Waals surface area (Å²) in [5, 5.41) is 1.11. The molecule has 0 aliphatic carbocycles. The second-order valence-electron chi connectivity index (χ2n) is 4.27. The summed E-state index contributed by atoms with van der Waals surface area (Å²) >= 11 is 13.5. The largest absolute Gasteiger partial charge is 0.364 e. The molecule has 106 valence electrons. The van der Waals surface area contributed by atoms with Crippen molar-refractivity contribution >= 4 is 51.9 Å². The summed E-state index contributed by atoms with van der Waals surface area (Å²) < 4.78 is 0. The molecule has 7 heteroatoms. The Morgan fingerprint density at radius 3 is 2.86 bits per heavy atom. The van der Waals surface area contributed by atoms with Crippen molar-refractivity contribution in [3.8, 4) is 0 Å². The third-order valence-electron chi connectivity index (χ3n) is 2.86. The summed E-state index contributed by atoms with van der Waals surface area (Å²) in [7, 11) is 0. The van der Waals surface area contributed by atoms with Crippen LogP contribution in [0.15, 0.2) is 46.3 Å². The molecule has 0 spiro atoms. The lowest BCUT2D eigenvalue weighted by Gasteiger charge is -2.05.